The van der Waals surface area contributed by atoms with Gasteiger partial charge >= 0.3 is 0 Å². The van der Waals surface area contributed by atoms with E-state index in [-0.39, 0.29) is 0 Å². The number of hydrogen-bond acceptors (Lipinski definition) is 2. The third kappa shape index (κ3) is 3.21. The zero-order valence-corrected chi connectivity index (χ0v) is 10.7. The molecule has 2 saturated carbocycles. The Kier molecular flexibility index (Phi) is 5.11. The second kappa shape index (κ2) is 6.61. The average Bonchev–Trinajstić information content (AvgIpc) is 2.38. The Labute approximate surface area is 101 Å². The summed E-state index contributed by atoms with van der Waals surface area (Å²) in [5, 5.41) is 0. The Balaban J connectivity index is 1.91. The first-order chi connectivity index (χ1) is 7.92. The summed E-state index contributed by atoms with van der Waals surface area (Å²) in [6.45, 7) is 1.97. The highest BCUT2D eigenvalue weighted by atomic mass is 15.2. The van der Waals surface area contributed by atoms with E-state index in [0.29, 0.717) is 0 Å². The number of nitrogens with zero attached hydrogens (tertiary/aromatic N) is 1. The predicted molar refractivity (Wildman–Crippen MR) is 69.5 cm³/mol. The van der Waals surface area contributed by atoms with Gasteiger partial charge in [0, 0.05) is 25.2 Å². The smallest absolute Gasteiger partial charge is 0.0110 e. The van der Waals surface area contributed by atoms with Gasteiger partial charge in [-0.1, -0.05) is 38.5 Å². The van der Waals surface area contributed by atoms with Crippen LogP contribution in [0.2, 0.25) is 0 Å². The van der Waals surface area contributed by atoms with E-state index in [1.807, 2.05) is 0 Å². The lowest BCUT2D eigenvalue weighted by Crippen LogP contribution is -2.47. The molecule has 0 aromatic rings. The fourth-order valence-electron chi connectivity index (χ4n) is 3.64. The minimum Gasteiger partial charge on any atom is -0.329 e. The lowest BCUT2D eigenvalue weighted by atomic mass is 9.88. The molecule has 0 aromatic heterocycles. The summed E-state index contributed by atoms with van der Waals surface area (Å²) in [4.78, 5) is 2.78. The van der Waals surface area contributed by atoms with Crippen LogP contribution in [-0.2, 0) is 0 Å². The van der Waals surface area contributed by atoms with Crippen LogP contribution >= 0.6 is 0 Å². The van der Waals surface area contributed by atoms with E-state index in [1.165, 1.54) is 64.2 Å². The van der Waals surface area contributed by atoms with Gasteiger partial charge in [-0.25, -0.2) is 0 Å². The average molecular weight is 224 g/mol. The maximum atomic E-state index is 5.80. The van der Waals surface area contributed by atoms with Gasteiger partial charge < -0.3 is 5.73 Å². The van der Waals surface area contributed by atoms with E-state index >= 15 is 0 Å². The first kappa shape index (κ1) is 12.4. The second-order valence-corrected chi connectivity index (χ2v) is 5.61. The molecule has 2 rings (SSSR count). The molecule has 2 N–H and O–H groups in total. The minimum absolute atomic E-state index is 0.840. The van der Waals surface area contributed by atoms with Crippen LogP contribution in [0.1, 0.15) is 64.2 Å². The summed E-state index contributed by atoms with van der Waals surface area (Å²) in [6, 6.07) is 1.72. The maximum Gasteiger partial charge on any atom is 0.0110 e. The van der Waals surface area contributed by atoms with E-state index < -0.39 is 0 Å². The third-order valence-corrected chi connectivity index (χ3v) is 4.47. The van der Waals surface area contributed by atoms with Crippen molar-refractivity contribution < 1.29 is 0 Å². The molecular weight excluding hydrogens is 196 g/mol. The molecule has 2 heteroatoms. The molecule has 16 heavy (non-hydrogen) atoms. The van der Waals surface area contributed by atoms with Crippen molar-refractivity contribution in [3.05, 3.63) is 0 Å². The summed E-state index contributed by atoms with van der Waals surface area (Å²) >= 11 is 0. The molecule has 0 bridgehead atoms. The number of nitrogens with two attached hydrogens (primary N) is 1. The largest absolute Gasteiger partial charge is 0.329 e. The van der Waals surface area contributed by atoms with Crippen molar-refractivity contribution >= 4 is 0 Å². The summed E-state index contributed by atoms with van der Waals surface area (Å²) < 4.78 is 0. The van der Waals surface area contributed by atoms with Gasteiger partial charge in [0.05, 0.1) is 0 Å². The fourth-order valence-corrected chi connectivity index (χ4v) is 3.64. The topological polar surface area (TPSA) is 29.3 Å². The Morgan fingerprint density at radius 3 is 1.56 bits per heavy atom. The van der Waals surface area contributed by atoms with Gasteiger partial charge in [-0.05, 0) is 25.7 Å². The highest BCUT2D eigenvalue weighted by Crippen LogP contribution is 2.29. The van der Waals surface area contributed by atoms with Crippen molar-refractivity contribution in [2.45, 2.75) is 76.3 Å². The Bertz CT molecular complexity index is 163. The van der Waals surface area contributed by atoms with Gasteiger partial charge in [0.2, 0.25) is 0 Å². The zero-order chi connectivity index (χ0) is 11.2. The van der Waals surface area contributed by atoms with E-state index in [2.05, 4.69) is 4.90 Å². The van der Waals surface area contributed by atoms with Crippen LogP contribution < -0.4 is 5.73 Å². The molecule has 2 fully saturated rings. The Morgan fingerprint density at radius 2 is 1.19 bits per heavy atom. The van der Waals surface area contributed by atoms with Crippen LogP contribution in [0.3, 0.4) is 0 Å². The molecule has 0 heterocycles. The molecule has 0 spiro atoms. The molecule has 0 unspecified atom stereocenters. The predicted octanol–water partition coefficient (Wildman–Crippen LogP) is 2.91. The van der Waals surface area contributed by atoms with Gasteiger partial charge in [0.15, 0.2) is 0 Å². The molecular formula is C14H28N2. The highest BCUT2D eigenvalue weighted by molar-refractivity contribution is 4.83. The van der Waals surface area contributed by atoms with Crippen molar-refractivity contribution in [3.8, 4) is 0 Å². The molecule has 0 aromatic carbocycles. The summed E-state index contributed by atoms with van der Waals surface area (Å²) in [5.41, 5.74) is 5.80. The van der Waals surface area contributed by atoms with Crippen molar-refractivity contribution in [1.82, 2.24) is 4.90 Å². The molecule has 0 aliphatic heterocycles. The lowest BCUT2D eigenvalue weighted by Gasteiger charge is -2.41. The number of rotatable bonds is 4. The van der Waals surface area contributed by atoms with Crippen molar-refractivity contribution in [1.29, 1.82) is 0 Å². The first-order valence-corrected chi connectivity index (χ1v) is 7.37. The molecule has 0 atom stereocenters. The zero-order valence-electron chi connectivity index (χ0n) is 10.7. The molecule has 2 aliphatic carbocycles. The summed E-state index contributed by atoms with van der Waals surface area (Å²) in [7, 11) is 0. The second-order valence-electron chi connectivity index (χ2n) is 5.61. The van der Waals surface area contributed by atoms with E-state index in [9.17, 15) is 0 Å². The Morgan fingerprint density at radius 1 is 0.750 bits per heavy atom. The van der Waals surface area contributed by atoms with Crippen LogP contribution in [0.15, 0.2) is 0 Å². The van der Waals surface area contributed by atoms with Crippen molar-refractivity contribution in [2.75, 3.05) is 13.1 Å². The van der Waals surface area contributed by atoms with Crippen LogP contribution in [-0.4, -0.2) is 30.1 Å². The summed E-state index contributed by atoms with van der Waals surface area (Å²) in [6.07, 6.45) is 14.4. The summed E-state index contributed by atoms with van der Waals surface area (Å²) in [5.74, 6) is 0. The highest BCUT2D eigenvalue weighted by Gasteiger charge is 2.27. The lowest BCUT2D eigenvalue weighted by molar-refractivity contribution is 0.0842. The Hall–Kier alpha value is -0.0800. The first-order valence-electron chi connectivity index (χ1n) is 7.37. The molecule has 0 saturated heterocycles. The molecule has 94 valence electrons. The van der Waals surface area contributed by atoms with Crippen LogP contribution in [0.4, 0.5) is 0 Å². The van der Waals surface area contributed by atoms with Gasteiger partial charge in [-0.2, -0.15) is 0 Å². The molecule has 2 aliphatic rings. The van der Waals surface area contributed by atoms with Gasteiger partial charge in [0.1, 0.15) is 0 Å². The number of hydrogen-bond donors (Lipinski definition) is 1. The SMILES string of the molecule is NCCN(C1CCCCC1)C1CCCCC1. The van der Waals surface area contributed by atoms with Gasteiger partial charge in [-0.3, -0.25) is 4.90 Å². The van der Waals surface area contributed by atoms with Gasteiger partial charge in [-0.15, -0.1) is 0 Å². The normalized spacial score (nSPS) is 25.1. The van der Waals surface area contributed by atoms with Crippen molar-refractivity contribution in [3.63, 3.8) is 0 Å². The van der Waals surface area contributed by atoms with Crippen LogP contribution in [0, 0.1) is 0 Å². The van der Waals surface area contributed by atoms with E-state index in [1.54, 1.807) is 0 Å². The molecule has 0 amide bonds. The monoisotopic (exact) mass is 224 g/mol. The standard InChI is InChI=1S/C14H28N2/c15-11-12-16(13-7-3-1-4-8-13)14-9-5-2-6-10-14/h13-14H,1-12,15H2. The minimum atomic E-state index is 0.840. The van der Waals surface area contributed by atoms with Gasteiger partial charge in [0.25, 0.3) is 0 Å². The van der Waals surface area contributed by atoms with Crippen LogP contribution in [0.25, 0.3) is 0 Å². The molecule has 0 radical (unpaired) electrons. The van der Waals surface area contributed by atoms with E-state index in [0.717, 1.165) is 25.2 Å². The maximum absolute atomic E-state index is 5.80. The quantitative estimate of drug-likeness (QED) is 0.795. The third-order valence-electron chi connectivity index (χ3n) is 4.47. The fraction of sp³-hybridized carbons (Fsp3) is 1.00. The van der Waals surface area contributed by atoms with E-state index in [4.69, 9.17) is 5.73 Å². The van der Waals surface area contributed by atoms with Crippen LogP contribution in [0.5, 0.6) is 0 Å². The van der Waals surface area contributed by atoms with Crippen molar-refractivity contribution in [2.24, 2.45) is 5.73 Å². The molecule has 2 nitrogen and oxygen atoms in total.